The van der Waals surface area contributed by atoms with Gasteiger partial charge in [-0.2, -0.15) is 0 Å². The second kappa shape index (κ2) is 15.2. The lowest BCUT2D eigenvalue weighted by Gasteiger charge is -2.20. The average molecular weight is 696 g/mol. The smallest absolute Gasteiger partial charge is 0.456 e. The Morgan fingerprint density at radius 1 is 0.938 bits per heavy atom. The Labute approximate surface area is 285 Å². The van der Waals surface area contributed by atoms with Crippen LogP contribution in [0.3, 0.4) is 0 Å². The highest BCUT2D eigenvalue weighted by Gasteiger charge is 2.29. The van der Waals surface area contributed by atoms with Crippen LogP contribution in [0.1, 0.15) is 67.0 Å². The topological polar surface area (TPSA) is 169 Å². The van der Waals surface area contributed by atoms with Crippen LogP contribution in [0.2, 0.25) is 10.0 Å². The molecule has 0 saturated heterocycles. The number of urea groups is 1. The maximum Gasteiger partial charge on any atom is 0.519 e. The van der Waals surface area contributed by atoms with E-state index in [2.05, 4.69) is 21.3 Å². The number of halogens is 2. The largest absolute Gasteiger partial charge is 0.519 e. The summed E-state index contributed by atoms with van der Waals surface area (Å²) in [7, 11) is 0. The van der Waals surface area contributed by atoms with Crippen molar-refractivity contribution in [1.82, 2.24) is 21.3 Å². The van der Waals surface area contributed by atoms with Gasteiger partial charge in [0.15, 0.2) is 18.1 Å². The van der Waals surface area contributed by atoms with Gasteiger partial charge < -0.3 is 34.8 Å². The van der Waals surface area contributed by atoms with E-state index in [1.165, 1.54) is 19.1 Å². The summed E-state index contributed by atoms with van der Waals surface area (Å²) >= 11 is 12.9. The zero-order valence-corrected chi connectivity index (χ0v) is 27.5. The summed E-state index contributed by atoms with van der Waals surface area (Å²) in [6, 6.07) is 15.8. The van der Waals surface area contributed by atoms with Gasteiger partial charge in [-0.3, -0.25) is 9.59 Å². The number of hydrogen-bond donors (Lipinski definition) is 4. The normalized spacial score (nSPS) is 14.0. The number of nitrogens with one attached hydrogen (secondary N) is 4. The monoisotopic (exact) mass is 694 g/mol. The molecule has 2 atom stereocenters. The molecule has 1 heterocycles. The highest BCUT2D eigenvalue weighted by molar-refractivity contribution is 6.40. The first-order chi connectivity index (χ1) is 23.0. The Bertz CT molecular complexity index is 1900. The SMILES string of the molecule is Cc1cccc(CNC(=O)c2cc(Cl)c(C(=O)N[C@@H](CNC(=O)N[C@@H]3CCc4ccccc43)C(=O)OCc3oc(=O)oc3C)c(Cl)c2)c1. The number of amides is 4. The number of esters is 1. The van der Waals surface area contributed by atoms with E-state index in [-0.39, 0.29) is 51.8 Å². The summed E-state index contributed by atoms with van der Waals surface area (Å²) < 4.78 is 14.9. The van der Waals surface area contributed by atoms with Gasteiger partial charge in [0.1, 0.15) is 6.04 Å². The van der Waals surface area contributed by atoms with E-state index < -0.39 is 42.3 Å². The molecule has 0 saturated carbocycles. The molecule has 0 spiro atoms. The second-order valence-corrected chi connectivity index (χ2v) is 12.0. The summed E-state index contributed by atoms with van der Waals surface area (Å²) in [5.74, 6) is -3.16. The summed E-state index contributed by atoms with van der Waals surface area (Å²) in [4.78, 5) is 63.7. The lowest BCUT2D eigenvalue weighted by Crippen LogP contribution is -2.51. The van der Waals surface area contributed by atoms with Crippen LogP contribution in [0.25, 0.3) is 0 Å². The third-order valence-electron chi connectivity index (χ3n) is 7.74. The third kappa shape index (κ3) is 8.44. The van der Waals surface area contributed by atoms with Crippen molar-refractivity contribution >= 4 is 47.0 Å². The van der Waals surface area contributed by atoms with Crippen molar-refractivity contribution in [3.63, 3.8) is 0 Å². The first kappa shape index (κ1) is 34.3. The molecular weight excluding hydrogens is 663 g/mol. The fourth-order valence-corrected chi connectivity index (χ4v) is 5.96. The maximum absolute atomic E-state index is 13.4. The molecule has 0 radical (unpaired) electrons. The molecule has 0 unspecified atom stereocenters. The van der Waals surface area contributed by atoms with Gasteiger partial charge in [-0.05, 0) is 55.5 Å². The Kier molecular flexibility index (Phi) is 10.9. The van der Waals surface area contributed by atoms with Crippen LogP contribution < -0.4 is 27.1 Å². The summed E-state index contributed by atoms with van der Waals surface area (Å²) in [6.07, 6.45) is 1.52. The fraction of sp³-hybridized carbons (Fsp3) is 0.265. The number of carbonyl (C=O) groups excluding carboxylic acids is 4. The molecule has 1 aromatic heterocycles. The van der Waals surface area contributed by atoms with Gasteiger partial charge in [-0.25, -0.2) is 14.4 Å². The van der Waals surface area contributed by atoms with Crippen LogP contribution >= 0.6 is 23.2 Å². The standard InChI is InChI=1S/C34H32Cl2N4O8/c1-18-6-5-7-20(12-18)15-37-30(41)22-13-24(35)29(25(36)14-22)31(42)39-27(32(43)46-17-28-19(2)47-34(45)48-28)16-38-33(44)40-26-11-10-21-8-3-4-9-23(21)26/h3-9,12-14,26-27H,10-11,15-17H2,1-2H3,(H,37,41)(H,39,42)(H2,38,40,44)/t26-,27+/m1/s1. The quantitative estimate of drug-likeness (QED) is 0.161. The number of aryl methyl sites for hydroxylation is 3. The number of ether oxygens (including phenoxy) is 1. The predicted octanol–water partition coefficient (Wildman–Crippen LogP) is 4.91. The van der Waals surface area contributed by atoms with Gasteiger partial charge in [0.25, 0.3) is 11.8 Å². The van der Waals surface area contributed by atoms with Crippen molar-refractivity contribution in [2.45, 2.75) is 51.9 Å². The minimum atomic E-state index is -1.43. The van der Waals surface area contributed by atoms with Crippen molar-refractivity contribution in [3.8, 4) is 0 Å². The highest BCUT2D eigenvalue weighted by Crippen LogP contribution is 2.30. The second-order valence-electron chi connectivity index (χ2n) is 11.2. The molecule has 14 heteroatoms. The van der Waals surface area contributed by atoms with Crippen LogP contribution in [0.4, 0.5) is 4.79 Å². The molecule has 4 N–H and O–H groups in total. The summed E-state index contributed by atoms with van der Waals surface area (Å²) in [5.41, 5.74) is 4.01. The van der Waals surface area contributed by atoms with E-state index in [0.717, 1.165) is 28.7 Å². The predicted molar refractivity (Wildman–Crippen MR) is 176 cm³/mol. The molecule has 12 nitrogen and oxygen atoms in total. The molecule has 0 fully saturated rings. The summed E-state index contributed by atoms with van der Waals surface area (Å²) in [5, 5.41) is 10.5. The van der Waals surface area contributed by atoms with Crippen LogP contribution in [0.15, 0.2) is 74.3 Å². The zero-order chi connectivity index (χ0) is 34.4. The molecule has 0 bridgehead atoms. The number of benzene rings is 3. The highest BCUT2D eigenvalue weighted by atomic mass is 35.5. The minimum absolute atomic E-state index is 0.0219. The number of hydrogen-bond acceptors (Lipinski definition) is 8. The maximum atomic E-state index is 13.4. The molecule has 1 aliphatic rings. The van der Waals surface area contributed by atoms with E-state index >= 15 is 0 Å². The van der Waals surface area contributed by atoms with Crippen molar-refractivity contribution in [1.29, 1.82) is 0 Å². The molecule has 250 valence electrons. The Balaban J connectivity index is 1.27. The van der Waals surface area contributed by atoms with Crippen molar-refractivity contribution in [2.24, 2.45) is 0 Å². The zero-order valence-electron chi connectivity index (χ0n) is 26.0. The molecule has 3 aromatic carbocycles. The minimum Gasteiger partial charge on any atom is -0.456 e. The molecule has 4 amide bonds. The first-order valence-electron chi connectivity index (χ1n) is 15.0. The number of fused-ring (bicyclic) bond motifs is 1. The van der Waals surface area contributed by atoms with Gasteiger partial charge in [0.05, 0.1) is 28.2 Å². The summed E-state index contributed by atoms with van der Waals surface area (Å²) in [6.45, 7) is 2.81. The average Bonchev–Trinajstić information content (AvgIpc) is 3.61. The molecule has 5 rings (SSSR count). The lowest BCUT2D eigenvalue weighted by atomic mass is 10.1. The molecular formula is C34H32Cl2N4O8. The first-order valence-corrected chi connectivity index (χ1v) is 15.8. The van der Waals surface area contributed by atoms with E-state index in [1.807, 2.05) is 55.5 Å². The Hall–Kier alpha value is -5.07. The van der Waals surface area contributed by atoms with Gasteiger partial charge in [-0.1, -0.05) is 77.3 Å². The van der Waals surface area contributed by atoms with Crippen LogP contribution in [-0.2, 0) is 29.1 Å². The Morgan fingerprint density at radius 3 is 2.40 bits per heavy atom. The van der Waals surface area contributed by atoms with Gasteiger partial charge in [-0.15, -0.1) is 0 Å². The fourth-order valence-electron chi connectivity index (χ4n) is 5.31. The number of rotatable bonds is 11. The van der Waals surface area contributed by atoms with Gasteiger partial charge >= 0.3 is 17.8 Å². The molecule has 48 heavy (non-hydrogen) atoms. The Morgan fingerprint density at radius 2 is 1.69 bits per heavy atom. The van der Waals surface area contributed by atoms with Gasteiger partial charge in [0.2, 0.25) is 0 Å². The number of carbonyl (C=O) groups is 4. The van der Waals surface area contributed by atoms with Crippen LogP contribution in [0.5, 0.6) is 0 Å². The van der Waals surface area contributed by atoms with Crippen molar-refractivity contribution in [2.75, 3.05) is 6.54 Å². The van der Waals surface area contributed by atoms with E-state index in [0.29, 0.717) is 6.42 Å². The van der Waals surface area contributed by atoms with Crippen molar-refractivity contribution in [3.05, 3.63) is 126 Å². The third-order valence-corrected chi connectivity index (χ3v) is 8.34. The van der Waals surface area contributed by atoms with E-state index in [4.69, 9.17) is 36.8 Å². The lowest BCUT2D eigenvalue weighted by molar-refractivity contribution is -0.147. The molecule has 4 aromatic rings. The van der Waals surface area contributed by atoms with Gasteiger partial charge in [0, 0.05) is 12.1 Å². The van der Waals surface area contributed by atoms with E-state index in [1.54, 1.807) is 0 Å². The van der Waals surface area contributed by atoms with E-state index in [9.17, 15) is 24.0 Å². The molecule has 1 aliphatic carbocycles. The van der Waals surface area contributed by atoms with Crippen LogP contribution in [0, 0.1) is 13.8 Å². The molecule has 0 aliphatic heterocycles. The van der Waals surface area contributed by atoms with Crippen molar-refractivity contribution < 1.29 is 32.7 Å². The van der Waals surface area contributed by atoms with Crippen LogP contribution in [-0.4, -0.2) is 36.4 Å².